The molecule has 174 valence electrons. The first kappa shape index (κ1) is 21.5. The maximum atomic E-state index is 14.2. The maximum absolute atomic E-state index is 14.2. The molecule has 6 heteroatoms. The summed E-state index contributed by atoms with van der Waals surface area (Å²) in [4.78, 5) is 43.5. The molecule has 3 aromatic rings. The summed E-state index contributed by atoms with van der Waals surface area (Å²) >= 11 is 0. The molecule has 3 aliphatic rings. The Morgan fingerprint density at radius 3 is 2.40 bits per heavy atom. The van der Waals surface area contributed by atoms with Gasteiger partial charge >= 0.3 is 0 Å². The third-order valence-electron chi connectivity index (χ3n) is 7.71. The highest BCUT2D eigenvalue weighted by atomic mass is 19.1. The highest BCUT2D eigenvalue weighted by molar-refractivity contribution is 6.16. The van der Waals surface area contributed by atoms with Crippen LogP contribution in [-0.4, -0.2) is 29.6 Å². The van der Waals surface area contributed by atoms with E-state index in [0.717, 1.165) is 16.8 Å². The summed E-state index contributed by atoms with van der Waals surface area (Å²) in [6.45, 7) is 3.46. The minimum atomic E-state index is -1.33. The molecule has 3 aliphatic heterocycles. The van der Waals surface area contributed by atoms with Crippen LogP contribution in [0, 0.1) is 11.7 Å². The van der Waals surface area contributed by atoms with E-state index < -0.39 is 29.2 Å². The Morgan fingerprint density at radius 2 is 1.66 bits per heavy atom. The Morgan fingerprint density at radius 1 is 0.971 bits per heavy atom. The van der Waals surface area contributed by atoms with Crippen molar-refractivity contribution in [2.24, 2.45) is 5.92 Å². The van der Waals surface area contributed by atoms with Gasteiger partial charge in [0.2, 0.25) is 5.91 Å². The van der Waals surface area contributed by atoms with E-state index in [1.54, 1.807) is 0 Å². The van der Waals surface area contributed by atoms with Crippen molar-refractivity contribution in [2.45, 2.75) is 31.3 Å². The van der Waals surface area contributed by atoms with Crippen LogP contribution >= 0.6 is 0 Å². The van der Waals surface area contributed by atoms with Gasteiger partial charge in [-0.2, -0.15) is 0 Å². The number of carbonyl (C=O) groups is 3. The van der Waals surface area contributed by atoms with Gasteiger partial charge in [-0.1, -0.05) is 42.5 Å². The highest BCUT2D eigenvalue weighted by Crippen LogP contribution is 2.58. The number of halogens is 1. The number of ketones is 2. The zero-order chi connectivity index (χ0) is 24.5. The largest absolute Gasteiger partial charge is 0.352 e. The van der Waals surface area contributed by atoms with Crippen molar-refractivity contribution in [1.82, 2.24) is 0 Å². The fourth-order valence-corrected chi connectivity index (χ4v) is 6.33. The number of anilines is 2. The summed E-state index contributed by atoms with van der Waals surface area (Å²) < 4.78 is 13.7. The fourth-order valence-electron chi connectivity index (χ4n) is 6.33. The van der Waals surface area contributed by atoms with Gasteiger partial charge in [0.1, 0.15) is 11.2 Å². The van der Waals surface area contributed by atoms with E-state index >= 15 is 0 Å². The molecule has 3 aromatic carbocycles. The van der Waals surface area contributed by atoms with E-state index in [1.807, 2.05) is 66.4 Å². The van der Waals surface area contributed by atoms with E-state index in [1.165, 1.54) is 31.2 Å². The monoisotopic (exact) mass is 466 g/mol. The molecule has 1 amide bonds. The van der Waals surface area contributed by atoms with Gasteiger partial charge < -0.3 is 10.2 Å². The molecule has 3 heterocycles. The lowest BCUT2D eigenvalue weighted by Gasteiger charge is -2.39. The van der Waals surface area contributed by atoms with Crippen molar-refractivity contribution in [2.75, 3.05) is 10.2 Å². The molecule has 0 bridgehead atoms. The van der Waals surface area contributed by atoms with Crippen molar-refractivity contribution in [3.8, 4) is 0 Å². The number of para-hydroxylation sites is 2. The van der Waals surface area contributed by atoms with Crippen LogP contribution in [0.5, 0.6) is 0 Å². The van der Waals surface area contributed by atoms with Crippen LogP contribution in [0.25, 0.3) is 5.57 Å². The van der Waals surface area contributed by atoms with Gasteiger partial charge in [-0.25, -0.2) is 4.39 Å². The van der Waals surface area contributed by atoms with E-state index in [-0.39, 0.29) is 23.0 Å². The number of Topliss-reactive ketones (excluding diaryl/α,β-unsaturated/α-hetero) is 2. The molecule has 0 aromatic heterocycles. The Hall–Kier alpha value is -4.06. The van der Waals surface area contributed by atoms with Crippen LogP contribution in [-0.2, 0) is 15.0 Å². The Labute approximate surface area is 202 Å². The molecule has 1 saturated heterocycles. The van der Waals surface area contributed by atoms with Crippen molar-refractivity contribution < 1.29 is 18.8 Å². The maximum Gasteiger partial charge on any atom is 0.238 e. The summed E-state index contributed by atoms with van der Waals surface area (Å²) in [6.07, 6.45) is 2.01. The van der Waals surface area contributed by atoms with Crippen molar-refractivity contribution in [3.63, 3.8) is 0 Å². The lowest BCUT2D eigenvalue weighted by Crippen LogP contribution is -2.51. The van der Waals surface area contributed by atoms with Crippen molar-refractivity contribution >= 4 is 34.4 Å². The summed E-state index contributed by atoms with van der Waals surface area (Å²) in [5.74, 6) is -2.32. The van der Waals surface area contributed by atoms with Gasteiger partial charge in [0.25, 0.3) is 0 Å². The van der Waals surface area contributed by atoms with Crippen LogP contribution in [0.15, 0.2) is 78.9 Å². The van der Waals surface area contributed by atoms with Crippen molar-refractivity contribution in [1.29, 1.82) is 0 Å². The Bertz CT molecular complexity index is 1440. The van der Waals surface area contributed by atoms with E-state index in [0.29, 0.717) is 11.3 Å². The Balaban J connectivity index is 1.68. The lowest BCUT2D eigenvalue weighted by molar-refractivity contribution is -0.122. The molecule has 1 N–H and O–H groups in total. The van der Waals surface area contributed by atoms with E-state index in [4.69, 9.17) is 0 Å². The first-order chi connectivity index (χ1) is 16.9. The molecule has 4 atom stereocenters. The number of allylic oxidation sites excluding steroid dienone is 1. The Kier molecular flexibility index (Phi) is 4.58. The number of fused-ring (bicyclic) bond motifs is 6. The summed E-state index contributed by atoms with van der Waals surface area (Å²) in [5.41, 5.74) is 3.06. The predicted octanol–water partition coefficient (Wildman–Crippen LogP) is 4.78. The first-order valence-electron chi connectivity index (χ1n) is 11.6. The number of carbonyl (C=O) groups excluding carboxylic acids is 3. The number of hydrogen-bond acceptors (Lipinski definition) is 4. The van der Waals surface area contributed by atoms with Gasteiger partial charge in [-0.3, -0.25) is 14.4 Å². The SMILES string of the molecule is CC(=O)C1C(C(=O)c2ccc(F)cc2)C2(C(=O)Nc3ccccc32)C2C=C(C)c3ccccc3N12. The van der Waals surface area contributed by atoms with Crippen LogP contribution in [0.1, 0.15) is 35.3 Å². The zero-order valence-electron chi connectivity index (χ0n) is 19.3. The average Bonchev–Trinajstić information content (AvgIpc) is 3.32. The second-order valence-electron chi connectivity index (χ2n) is 9.49. The summed E-state index contributed by atoms with van der Waals surface area (Å²) in [6, 6.07) is 19.0. The molecule has 5 nitrogen and oxygen atoms in total. The number of hydrogen-bond donors (Lipinski definition) is 1. The topological polar surface area (TPSA) is 66.5 Å². The average molecular weight is 467 g/mol. The highest BCUT2D eigenvalue weighted by Gasteiger charge is 2.70. The smallest absolute Gasteiger partial charge is 0.238 e. The fraction of sp³-hybridized carbons (Fsp3) is 0.207. The van der Waals surface area contributed by atoms with Gasteiger partial charge in [0.15, 0.2) is 11.6 Å². The summed E-state index contributed by atoms with van der Waals surface area (Å²) in [7, 11) is 0. The molecule has 6 rings (SSSR count). The molecule has 35 heavy (non-hydrogen) atoms. The molecule has 4 unspecified atom stereocenters. The van der Waals surface area contributed by atoms with Crippen LogP contribution in [0.4, 0.5) is 15.8 Å². The molecule has 0 radical (unpaired) electrons. The second-order valence-corrected chi connectivity index (χ2v) is 9.49. The normalized spacial score (nSPS) is 26.0. The number of rotatable bonds is 3. The van der Waals surface area contributed by atoms with Gasteiger partial charge in [-0.05, 0) is 61.4 Å². The number of nitrogens with zero attached hydrogens (tertiary/aromatic N) is 1. The molecule has 0 aliphatic carbocycles. The number of amides is 1. The second kappa shape index (κ2) is 7.47. The molecule has 1 fully saturated rings. The molecular weight excluding hydrogens is 443 g/mol. The van der Waals surface area contributed by atoms with Gasteiger partial charge in [-0.15, -0.1) is 0 Å². The van der Waals surface area contributed by atoms with Crippen LogP contribution in [0.3, 0.4) is 0 Å². The van der Waals surface area contributed by atoms with Crippen LogP contribution in [0.2, 0.25) is 0 Å². The zero-order valence-corrected chi connectivity index (χ0v) is 19.3. The lowest BCUT2D eigenvalue weighted by atomic mass is 9.64. The molecule has 0 saturated carbocycles. The standard InChI is InChI=1S/C29H23FN2O3/c1-16-15-24-29(21-8-4-5-9-22(21)31-28(29)35)25(27(34)18-11-13-19(30)14-12-18)26(17(2)33)32(24)23-10-6-3-7-20(16)23/h3-15,24-26H,1-2H3,(H,31,35). The van der Waals surface area contributed by atoms with Gasteiger partial charge in [0.05, 0.1) is 18.0 Å². The number of benzene rings is 3. The minimum Gasteiger partial charge on any atom is -0.352 e. The van der Waals surface area contributed by atoms with E-state index in [2.05, 4.69) is 5.32 Å². The quantitative estimate of drug-likeness (QED) is 0.565. The predicted molar refractivity (Wildman–Crippen MR) is 132 cm³/mol. The molecular formula is C29H23FN2O3. The third-order valence-corrected chi connectivity index (χ3v) is 7.71. The van der Waals surface area contributed by atoms with Crippen molar-refractivity contribution in [3.05, 3.63) is 101 Å². The molecule has 1 spiro atoms. The minimum absolute atomic E-state index is 0.202. The van der Waals surface area contributed by atoms with E-state index in [9.17, 15) is 18.8 Å². The third kappa shape index (κ3) is 2.77. The first-order valence-corrected chi connectivity index (χ1v) is 11.6. The number of nitrogens with one attached hydrogen (secondary N) is 1. The summed E-state index contributed by atoms with van der Waals surface area (Å²) in [5, 5.41) is 2.99. The van der Waals surface area contributed by atoms with Crippen LogP contribution < -0.4 is 10.2 Å². The van der Waals surface area contributed by atoms with Gasteiger partial charge in [0, 0.05) is 22.5 Å².